The predicted octanol–water partition coefficient (Wildman–Crippen LogP) is 2.82. The Morgan fingerprint density at radius 3 is 2.64 bits per heavy atom. The molecule has 1 aromatic heterocycles. The number of aryl methyl sites for hydroxylation is 1. The number of nitrogens with zero attached hydrogens (tertiary/aromatic N) is 4. The fraction of sp³-hybridized carbons (Fsp3) is 0.188. The predicted molar refractivity (Wildman–Crippen MR) is 81.6 cm³/mol. The number of benzene rings is 1. The molecule has 1 heterocycles. The van der Waals surface area contributed by atoms with Crippen molar-refractivity contribution in [2.24, 2.45) is 0 Å². The van der Waals surface area contributed by atoms with Gasteiger partial charge < -0.3 is 10.1 Å². The van der Waals surface area contributed by atoms with Crippen molar-refractivity contribution in [3.63, 3.8) is 0 Å². The van der Waals surface area contributed by atoms with Gasteiger partial charge in [-0.1, -0.05) is 0 Å². The van der Waals surface area contributed by atoms with Gasteiger partial charge in [0.15, 0.2) is 0 Å². The highest BCUT2D eigenvalue weighted by Gasteiger charge is 2.00. The summed E-state index contributed by atoms with van der Waals surface area (Å²) in [5, 5.41) is 24.3. The standard InChI is InChI=1S/C16H15N5O/c1-2-21-11-14(10-20-21)12-22-16-5-3-15(4-6-16)19-9-13(7-17)8-18/h3-6,9-11,19H,2,12H2,1H3. The van der Waals surface area contributed by atoms with Crippen LogP contribution in [0.4, 0.5) is 5.69 Å². The van der Waals surface area contributed by atoms with Crippen molar-refractivity contribution in [2.75, 3.05) is 5.32 Å². The molecule has 0 atom stereocenters. The normalized spacial score (nSPS) is 9.41. The molecule has 2 aromatic rings. The minimum atomic E-state index is 0.0215. The lowest BCUT2D eigenvalue weighted by atomic mass is 10.3. The second-order valence-electron chi connectivity index (χ2n) is 4.44. The summed E-state index contributed by atoms with van der Waals surface area (Å²) in [6, 6.07) is 10.8. The van der Waals surface area contributed by atoms with Crippen LogP contribution in [0, 0.1) is 22.7 Å². The highest BCUT2D eigenvalue weighted by Crippen LogP contribution is 2.17. The van der Waals surface area contributed by atoms with Gasteiger partial charge in [-0.3, -0.25) is 4.68 Å². The molecule has 0 spiro atoms. The first-order valence-electron chi connectivity index (χ1n) is 6.76. The van der Waals surface area contributed by atoms with E-state index in [1.165, 1.54) is 6.20 Å². The van der Waals surface area contributed by atoms with E-state index in [2.05, 4.69) is 10.4 Å². The van der Waals surface area contributed by atoms with Gasteiger partial charge in [0.2, 0.25) is 0 Å². The minimum absolute atomic E-state index is 0.0215. The minimum Gasteiger partial charge on any atom is -0.489 e. The molecule has 0 aliphatic heterocycles. The maximum absolute atomic E-state index is 8.64. The number of hydrogen-bond donors (Lipinski definition) is 1. The average molecular weight is 293 g/mol. The number of ether oxygens (including phenoxy) is 1. The van der Waals surface area contributed by atoms with E-state index >= 15 is 0 Å². The van der Waals surface area contributed by atoms with Crippen molar-refractivity contribution in [1.29, 1.82) is 10.5 Å². The first-order valence-corrected chi connectivity index (χ1v) is 6.76. The van der Waals surface area contributed by atoms with Crippen LogP contribution in [0.2, 0.25) is 0 Å². The van der Waals surface area contributed by atoms with Gasteiger partial charge in [-0.2, -0.15) is 15.6 Å². The zero-order chi connectivity index (χ0) is 15.8. The van der Waals surface area contributed by atoms with Gasteiger partial charge in [0.05, 0.1) is 6.20 Å². The van der Waals surface area contributed by atoms with Gasteiger partial charge in [0.25, 0.3) is 0 Å². The number of hydrogen-bond acceptors (Lipinski definition) is 5. The SMILES string of the molecule is CCn1cc(COc2ccc(NC=C(C#N)C#N)cc2)cn1. The third-order valence-electron chi connectivity index (χ3n) is 2.89. The van der Waals surface area contributed by atoms with Crippen molar-refractivity contribution < 1.29 is 4.74 Å². The number of aromatic nitrogens is 2. The Labute approximate surface area is 128 Å². The van der Waals surface area contributed by atoms with Crippen molar-refractivity contribution in [2.45, 2.75) is 20.1 Å². The third kappa shape index (κ3) is 4.12. The molecule has 110 valence electrons. The van der Waals surface area contributed by atoms with E-state index in [0.717, 1.165) is 23.5 Å². The number of allylic oxidation sites excluding steroid dienone is 1. The van der Waals surface area contributed by atoms with Crippen LogP contribution in [-0.4, -0.2) is 9.78 Å². The highest BCUT2D eigenvalue weighted by atomic mass is 16.5. The van der Waals surface area contributed by atoms with E-state index in [0.29, 0.717) is 6.61 Å². The number of nitrogens with one attached hydrogen (secondary N) is 1. The molecule has 0 aliphatic carbocycles. The molecule has 0 amide bonds. The summed E-state index contributed by atoms with van der Waals surface area (Å²) in [5.41, 5.74) is 1.81. The topological polar surface area (TPSA) is 86.7 Å². The van der Waals surface area contributed by atoms with E-state index in [1.54, 1.807) is 18.3 Å². The summed E-state index contributed by atoms with van der Waals surface area (Å²) in [6.45, 7) is 3.32. The van der Waals surface area contributed by atoms with Crippen LogP contribution in [-0.2, 0) is 13.2 Å². The Bertz CT molecular complexity index is 715. The van der Waals surface area contributed by atoms with E-state index < -0.39 is 0 Å². The Morgan fingerprint density at radius 2 is 2.05 bits per heavy atom. The molecule has 1 N–H and O–H groups in total. The fourth-order valence-corrected chi connectivity index (χ4v) is 1.71. The molecule has 0 aliphatic rings. The van der Waals surface area contributed by atoms with Gasteiger partial charge in [-0.15, -0.1) is 0 Å². The van der Waals surface area contributed by atoms with Gasteiger partial charge in [0, 0.05) is 30.2 Å². The van der Waals surface area contributed by atoms with Gasteiger partial charge in [-0.05, 0) is 31.2 Å². The van der Waals surface area contributed by atoms with E-state index in [-0.39, 0.29) is 5.57 Å². The molecule has 22 heavy (non-hydrogen) atoms. The zero-order valence-corrected chi connectivity index (χ0v) is 12.2. The molecule has 1 aromatic carbocycles. The molecule has 0 unspecified atom stereocenters. The molecule has 0 bridgehead atoms. The summed E-state index contributed by atoms with van der Waals surface area (Å²) in [7, 11) is 0. The van der Waals surface area contributed by atoms with Gasteiger partial charge in [0.1, 0.15) is 30.1 Å². The summed E-state index contributed by atoms with van der Waals surface area (Å²) in [5.74, 6) is 0.736. The van der Waals surface area contributed by atoms with Crippen molar-refractivity contribution >= 4 is 5.69 Å². The Balaban J connectivity index is 1.90. The van der Waals surface area contributed by atoms with E-state index in [4.69, 9.17) is 15.3 Å². The quantitative estimate of drug-likeness (QED) is 0.827. The summed E-state index contributed by atoms with van der Waals surface area (Å²) < 4.78 is 7.52. The van der Waals surface area contributed by atoms with Crippen LogP contribution in [0.25, 0.3) is 0 Å². The number of rotatable bonds is 6. The maximum Gasteiger partial charge on any atom is 0.145 e. The molecule has 0 saturated carbocycles. The molecule has 6 nitrogen and oxygen atoms in total. The number of nitriles is 2. The lowest BCUT2D eigenvalue weighted by Gasteiger charge is -2.06. The molecule has 0 saturated heterocycles. The smallest absolute Gasteiger partial charge is 0.145 e. The van der Waals surface area contributed by atoms with Crippen LogP contribution < -0.4 is 10.1 Å². The largest absolute Gasteiger partial charge is 0.489 e. The highest BCUT2D eigenvalue weighted by molar-refractivity contribution is 5.51. The summed E-state index contributed by atoms with van der Waals surface area (Å²) in [6.07, 6.45) is 5.11. The van der Waals surface area contributed by atoms with Gasteiger partial charge >= 0.3 is 0 Å². The van der Waals surface area contributed by atoms with Crippen LogP contribution in [0.5, 0.6) is 5.75 Å². The van der Waals surface area contributed by atoms with E-state index in [1.807, 2.05) is 42.1 Å². The molecular weight excluding hydrogens is 278 g/mol. The molecular formula is C16H15N5O. The lowest BCUT2D eigenvalue weighted by Crippen LogP contribution is -1.96. The second-order valence-corrected chi connectivity index (χ2v) is 4.44. The van der Waals surface area contributed by atoms with Crippen LogP contribution in [0.3, 0.4) is 0 Å². The molecule has 0 fully saturated rings. The zero-order valence-electron chi connectivity index (χ0n) is 12.2. The lowest BCUT2D eigenvalue weighted by molar-refractivity contribution is 0.306. The Kier molecular flexibility index (Phi) is 5.17. The first-order chi connectivity index (χ1) is 10.7. The first kappa shape index (κ1) is 15.1. The Hall–Kier alpha value is -3.25. The Morgan fingerprint density at radius 1 is 1.32 bits per heavy atom. The van der Waals surface area contributed by atoms with Crippen LogP contribution >= 0.6 is 0 Å². The average Bonchev–Trinajstić information content (AvgIpc) is 3.03. The maximum atomic E-state index is 8.64. The van der Waals surface area contributed by atoms with Crippen molar-refractivity contribution in [1.82, 2.24) is 9.78 Å². The summed E-state index contributed by atoms with van der Waals surface area (Å²) >= 11 is 0. The second kappa shape index (κ2) is 7.51. The molecule has 6 heteroatoms. The van der Waals surface area contributed by atoms with E-state index in [9.17, 15) is 0 Å². The van der Waals surface area contributed by atoms with Crippen LogP contribution in [0.1, 0.15) is 12.5 Å². The monoisotopic (exact) mass is 293 g/mol. The van der Waals surface area contributed by atoms with Gasteiger partial charge in [-0.25, -0.2) is 0 Å². The van der Waals surface area contributed by atoms with Crippen molar-refractivity contribution in [3.05, 3.63) is 54.0 Å². The molecule has 0 radical (unpaired) electrons. The number of anilines is 1. The fourth-order valence-electron chi connectivity index (χ4n) is 1.71. The third-order valence-corrected chi connectivity index (χ3v) is 2.89. The molecule has 2 rings (SSSR count). The van der Waals surface area contributed by atoms with Crippen molar-refractivity contribution in [3.8, 4) is 17.9 Å². The summed E-state index contributed by atoms with van der Waals surface area (Å²) in [4.78, 5) is 0. The van der Waals surface area contributed by atoms with Crippen LogP contribution in [0.15, 0.2) is 48.4 Å².